The van der Waals surface area contributed by atoms with Crippen LogP contribution in [0.3, 0.4) is 0 Å². The lowest BCUT2D eigenvalue weighted by molar-refractivity contribution is -0.147. The lowest BCUT2D eigenvalue weighted by Crippen LogP contribution is -2.51. The van der Waals surface area contributed by atoms with Crippen molar-refractivity contribution in [3.05, 3.63) is 34.6 Å². The topological polar surface area (TPSA) is 49.4 Å². The van der Waals surface area contributed by atoms with Gasteiger partial charge in [0.05, 0.1) is 24.7 Å². The Morgan fingerprint density at radius 3 is 2.59 bits per heavy atom. The lowest BCUT2D eigenvalue weighted by Gasteiger charge is -2.25. The largest absolute Gasteiger partial charge is 0.300 e. The quantitative estimate of drug-likeness (QED) is 0.801. The van der Waals surface area contributed by atoms with Gasteiger partial charge in [0.1, 0.15) is 5.82 Å². The van der Waals surface area contributed by atoms with Crippen molar-refractivity contribution >= 4 is 23.4 Å². The van der Waals surface area contributed by atoms with Gasteiger partial charge in [0.15, 0.2) is 0 Å². The Labute approximate surface area is 102 Å². The van der Waals surface area contributed by atoms with Crippen LogP contribution in [-0.4, -0.2) is 29.8 Å². The second-order valence-corrected chi connectivity index (χ2v) is 4.07. The zero-order valence-corrected chi connectivity index (χ0v) is 9.63. The van der Waals surface area contributed by atoms with E-state index in [4.69, 9.17) is 11.6 Å². The minimum Gasteiger partial charge on any atom is -0.300 e. The standard InChI is InChI=1S/C11H10ClFN2O2/c12-11-7(2-1-3-8(11)13)6-15-9(16)4-14-5-10(15)17/h1-3,14H,4-6H2. The highest BCUT2D eigenvalue weighted by atomic mass is 35.5. The highest BCUT2D eigenvalue weighted by molar-refractivity contribution is 6.31. The third kappa shape index (κ3) is 2.45. The molecular formula is C11H10ClFN2O2. The smallest absolute Gasteiger partial charge is 0.243 e. The van der Waals surface area contributed by atoms with E-state index in [1.54, 1.807) is 6.07 Å². The number of piperazine rings is 1. The van der Waals surface area contributed by atoms with E-state index in [9.17, 15) is 14.0 Å². The van der Waals surface area contributed by atoms with E-state index in [2.05, 4.69) is 5.32 Å². The fourth-order valence-electron chi connectivity index (χ4n) is 1.62. The molecule has 90 valence electrons. The molecule has 0 atom stereocenters. The number of carbonyl (C=O) groups excluding carboxylic acids is 2. The van der Waals surface area contributed by atoms with Gasteiger partial charge in [-0.25, -0.2) is 4.39 Å². The van der Waals surface area contributed by atoms with Crippen LogP contribution in [0.1, 0.15) is 5.56 Å². The molecule has 0 saturated carbocycles. The zero-order valence-electron chi connectivity index (χ0n) is 8.87. The van der Waals surface area contributed by atoms with Gasteiger partial charge in [-0.2, -0.15) is 0 Å². The van der Waals surface area contributed by atoms with Crippen molar-refractivity contribution in [3.8, 4) is 0 Å². The van der Waals surface area contributed by atoms with E-state index in [1.807, 2.05) is 0 Å². The van der Waals surface area contributed by atoms with Crippen LogP contribution in [0.5, 0.6) is 0 Å². The first-order chi connectivity index (χ1) is 8.09. The van der Waals surface area contributed by atoms with Crippen molar-refractivity contribution in [1.82, 2.24) is 10.2 Å². The summed E-state index contributed by atoms with van der Waals surface area (Å²) in [6, 6.07) is 4.31. The Kier molecular flexibility index (Phi) is 3.40. The van der Waals surface area contributed by atoms with E-state index >= 15 is 0 Å². The van der Waals surface area contributed by atoms with Crippen molar-refractivity contribution < 1.29 is 14.0 Å². The summed E-state index contributed by atoms with van der Waals surface area (Å²) in [7, 11) is 0. The molecule has 1 aliphatic rings. The fourth-order valence-corrected chi connectivity index (χ4v) is 1.81. The molecule has 1 aromatic carbocycles. The van der Waals surface area contributed by atoms with Crippen molar-refractivity contribution in [2.24, 2.45) is 0 Å². The SMILES string of the molecule is O=C1CNCC(=O)N1Cc1cccc(F)c1Cl. The summed E-state index contributed by atoms with van der Waals surface area (Å²) < 4.78 is 13.2. The summed E-state index contributed by atoms with van der Waals surface area (Å²) >= 11 is 5.77. The predicted octanol–water partition coefficient (Wildman–Crippen LogP) is 0.938. The van der Waals surface area contributed by atoms with E-state index in [0.29, 0.717) is 5.56 Å². The molecule has 17 heavy (non-hydrogen) atoms. The summed E-state index contributed by atoms with van der Waals surface area (Å²) in [6.45, 7) is 0.229. The normalized spacial score (nSPS) is 16.5. The van der Waals surface area contributed by atoms with Crippen LogP contribution in [0, 0.1) is 5.82 Å². The average molecular weight is 257 g/mol. The molecule has 1 aliphatic heterocycles. The molecule has 0 unspecified atom stereocenters. The Bertz CT molecular complexity index is 463. The number of rotatable bonds is 2. The second-order valence-electron chi connectivity index (χ2n) is 3.69. The Morgan fingerprint density at radius 2 is 1.94 bits per heavy atom. The Morgan fingerprint density at radius 1 is 1.29 bits per heavy atom. The minimum atomic E-state index is -0.556. The van der Waals surface area contributed by atoms with Crippen LogP contribution in [0.4, 0.5) is 4.39 Å². The predicted molar refractivity (Wildman–Crippen MR) is 59.8 cm³/mol. The van der Waals surface area contributed by atoms with Gasteiger partial charge < -0.3 is 0 Å². The molecule has 1 heterocycles. The summed E-state index contributed by atoms with van der Waals surface area (Å²) in [5.74, 6) is -1.22. The number of nitrogens with one attached hydrogen (secondary N) is 1. The molecule has 0 bridgehead atoms. The Hall–Kier alpha value is -1.46. The van der Waals surface area contributed by atoms with Crippen LogP contribution >= 0.6 is 11.6 Å². The average Bonchev–Trinajstić information content (AvgIpc) is 2.29. The Balaban J connectivity index is 2.22. The van der Waals surface area contributed by atoms with Crippen LogP contribution in [0.25, 0.3) is 0 Å². The van der Waals surface area contributed by atoms with Gasteiger partial charge in [-0.05, 0) is 11.6 Å². The van der Waals surface area contributed by atoms with E-state index in [-0.39, 0.29) is 36.5 Å². The minimum absolute atomic E-state index is 0.00986. The number of amides is 2. The number of hydrogen-bond donors (Lipinski definition) is 1. The monoisotopic (exact) mass is 256 g/mol. The second kappa shape index (κ2) is 4.81. The molecule has 1 saturated heterocycles. The summed E-state index contributed by atoms with van der Waals surface area (Å²) in [5, 5.41) is 2.63. The third-order valence-electron chi connectivity index (χ3n) is 2.51. The van der Waals surface area contributed by atoms with Crippen molar-refractivity contribution in [1.29, 1.82) is 0 Å². The molecule has 1 fully saturated rings. The van der Waals surface area contributed by atoms with Gasteiger partial charge in [0.2, 0.25) is 11.8 Å². The van der Waals surface area contributed by atoms with Crippen LogP contribution in [-0.2, 0) is 16.1 Å². The van der Waals surface area contributed by atoms with E-state index in [0.717, 1.165) is 4.90 Å². The molecule has 0 aliphatic carbocycles. The van der Waals surface area contributed by atoms with Crippen molar-refractivity contribution in [2.75, 3.05) is 13.1 Å². The van der Waals surface area contributed by atoms with Crippen LogP contribution in [0.15, 0.2) is 18.2 Å². The number of hydrogen-bond acceptors (Lipinski definition) is 3. The highest BCUT2D eigenvalue weighted by Gasteiger charge is 2.26. The molecule has 0 radical (unpaired) electrons. The van der Waals surface area contributed by atoms with Gasteiger partial charge >= 0.3 is 0 Å². The van der Waals surface area contributed by atoms with E-state index < -0.39 is 5.82 Å². The van der Waals surface area contributed by atoms with Crippen molar-refractivity contribution in [3.63, 3.8) is 0 Å². The maximum absolute atomic E-state index is 13.2. The number of benzene rings is 1. The molecule has 2 rings (SSSR count). The molecule has 2 amide bonds. The summed E-state index contributed by atoms with van der Waals surface area (Å²) in [6.07, 6.45) is 0. The molecule has 0 spiro atoms. The molecule has 1 aromatic rings. The first-order valence-corrected chi connectivity index (χ1v) is 5.44. The summed E-state index contributed by atoms with van der Waals surface area (Å²) in [5.41, 5.74) is 0.426. The number of nitrogens with zero attached hydrogens (tertiary/aromatic N) is 1. The fraction of sp³-hybridized carbons (Fsp3) is 0.273. The summed E-state index contributed by atoms with van der Waals surface area (Å²) in [4.78, 5) is 24.1. The van der Waals surface area contributed by atoms with Crippen LogP contribution < -0.4 is 5.32 Å². The molecule has 4 nitrogen and oxygen atoms in total. The number of imide groups is 1. The van der Waals surface area contributed by atoms with Gasteiger partial charge in [0.25, 0.3) is 0 Å². The first kappa shape index (κ1) is 12.0. The van der Waals surface area contributed by atoms with Gasteiger partial charge in [0, 0.05) is 0 Å². The zero-order chi connectivity index (χ0) is 12.4. The maximum Gasteiger partial charge on any atom is 0.243 e. The highest BCUT2D eigenvalue weighted by Crippen LogP contribution is 2.21. The van der Waals surface area contributed by atoms with Gasteiger partial charge in [-0.1, -0.05) is 23.7 Å². The van der Waals surface area contributed by atoms with Gasteiger partial charge in [-0.3, -0.25) is 19.8 Å². The van der Waals surface area contributed by atoms with Crippen molar-refractivity contribution in [2.45, 2.75) is 6.54 Å². The number of carbonyl (C=O) groups is 2. The van der Waals surface area contributed by atoms with Gasteiger partial charge in [-0.15, -0.1) is 0 Å². The molecule has 6 heteroatoms. The third-order valence-corrected chi connectivity index (χ3v) is 2.94. The molecular weight excluding hydrogens is 247 g/mol. The maximum atomic E-state index is 13.2. The molecule has 0 aromatic heterocycles. The lowest BCUT2D eigenvalue weighted by atomic mass is 10.2. The first-order valence-electron chi connectivity index (χ1n) is 5.06. The van der Waals surface area contributed by atoms with Crippen LogP contribution in [0.2, 0.25) is 5.02 Å². The number of halogens is 2. The molecule has 1 N–H and O–H groups in total. The van der Waals surface area contributed by atoms with E-state index in [1.165, 1.54) is 12.1 Å².